The van der Waals surface area contributed by atoms with E-state index in [4.69, 9.17) is 5.73 Å². The van der Waals surface area contributed by atoms with Gasteiger partial charge in [0.2, 0.25) is 5.95 Å². The molecule has 7 nitrogen and oxygen atoms in total. The minimum absolute atomic E-state index is 0.0988. The van der Waals surface area contributed by atoms with E-state index in [0.717, 1.165) is 13.1 Å². The zero-order chi connectivity index (χ0) is 16.6. The number of aliphatic carboxylic acids is 1. The van der Waals surface area contributed by atoms with Crippen molar-refractivity contribution in [2.75, 3.05) is 43.4 Å². The van der Waals surface area contributed by atoms with Crippen LogP contribution in [0.2, 0.25) is 0 Å². The highest BCUT2D eigenvalue weighted by Gasteiger charge is 2.57. The second-order valence-electron chi connectivity index (χ2n) is 6.79. The van der Waals surface area contributed by atoms with Crippen molar-refractivity contribution in [1.29, 1.82) is 0 Å². The number of carbonyl (C=O) groups is 1. The molecule has 0 radical (unpaired) electrons. The fourth-order valence-electron chi connectivity index (χ4n) is 3.64. The predicted octanol–water partition coefficient (Wildman–Crippen LogP) is 0.848. The summed E-state index contributed by atoms with van der Waals surface area (Å²) in [5.74, 6) is 0.311. The Morgan fingerprint density at radius 1 is 1.48 bits per heavy atom. The second kappa shape index (κ2) is 5.81. The third-order valence-corrected chi connectivity index (χ3v) is 4.85. The van der Waals surface area contributed by atoms with E-state index in [9.17, 15) is 9.90 Å². The quantitative estimate of drug-likeness (QED) is 0.795. The molecule has 1 aromatic rings. The fraction of sp³-hybridized carbons (Fsp3) is 0.562. The molecule has 7 heteroatoms. The number of likely N-dealkylation sites (tertiary alicyclic amines) is 1. The Hall–Kier alpha value is -2.15. The first-order valence-electron chi connectivity index (χ1n) is 7.83. The Kier molecular flexibility index (Phi) is 3.97. The van der Waals surface area contributed by atoms with Crippen molar-refractivity contribution in [3.05, 3.63) is 23.9 Å². The average Bonchev–Trinajstić information content (AvgIpc) is 3.00. The first-order valence-corrected chi connectivity index (χ1v) is 7.83. The number of nitrogens with zero attached hydrogens (tertiary/aromatic N) is 4. The van der Waals surface area contributed by atoms with Gasteiger partial charge in [0.15, 0.2) is 0 Å². The number of aromatic nitrogens is 2. The minimum atomic E-state index is -0.727. The van der Waals surface area contributed by atoms with Crippen LogP contribution in [0.3, 0.4) is 0 Å². The third-order valence-electron chi connectivity index (χ3n) is 4.85. The first-order chi connectivity index (χ1) is 10.9. The SMILES string of the molecule is CC(C)=CCN1C[C@@H]2CN(c3ccnc(N)n3)C[C@]2(C(=O)O)C1. The number of anilines is 2. The van der Waals surface area contributed by atoms with Crippen LogP contribution in [0.1, 0.15) is 13.8 Å². The van der Waals surface area contributed by atoms with Crippen LogP contribution in [0.4, 0.5) is 11.8 Å². The normalized spacial score (nSPS) is 27.0. The monoisotopic (exact) mass is 317 g/mol. The highest BCUT2D eigenvalue weighted by atomic mass is 16.4. The van der Waals surface area contributed by atoms with E-state index < -0.39 is 11.4 Å². The van der Waals surface area contributed by atoms with Gasteiger partial charge < -0.3 is 15.7 Å². The number of carboxylic acid groups (broad SMARTS) is 1. The third kappa shape index (κ3) is 2.88. The molecule has 0 unspecified atom stereocenters. The molecule has 0 saturated carbocycles. The van der Waals surface area contributed by atoms with Crippen LogP contribution in [0.15, 0.2) is 23.9 Å². The van der Waals surface area contributed by atoms with E-state index in [1.54, 1.807) is 12.3 Å². The highest BCUT2D eigenvalue weighted by Crippen LogP contribution is 2.43. The van der Waals surface area contributed by atoms with E-state index in [-0.39, 0.29) is 11.9 Å². The Morgan fingerprint density at radius 2 is 2.26 bits per heavy atom. The zero-order valence-corrected chi connectivity index (χ0v) is 13.6. The number of nitrogen functional groups attached to an aromatic ring is 1. The van der Waals surface area contributed by atoms with Gasteiger partial charge in [-0.3, -0.25) is 9.69 Å². The van der Waals surface area contributed by atoms with Gasteiger partial charge in [-0.1, -0.05) is 11.6 Å². The molecule has 0 aromatic carbocycles. The number of carboxylic acids is 1. The highest BCUT2D eigenvalue weighted by molar-refractivity contribution is 5.78. The smallest absolute Gasteiger partial charge is 0.313 e. The van der Waals surface area contributed by atoms with Gasteiger partial charge >= 0.3 is 5.97 Å². The summed E-state index contributed by atoms with van der Waals surface area (Å²) in [6.07, 6.45) is 3.76. The summed E-state index contributed by atoms with van der Waals surface area (Å²) < 4.78 is 0. The fourth-order valence-corrected chi connectivity index (χ4v) is 3.64. The predicted molar refractivity (Wildman–Crippen MR) is 88.1 cm³/mol. The van der Waals surface area contributed by atoms with Gasteiger partial charge in [0.1, 0.15) is 11.2 Å². The maximum absolute atomic E-state index is 12.0. The van der Waals surface area contributed by atoms with E-state index in [1.807, 2.05) is 4.90 Å². The number of allylic oxidation sites excluding steroid dienone is 1. The van der Waals surface area contributed by atoms with Crippen molar-refractivity contribution in [1.82, 2.24) is 14.9 Å². The minimum Gasteiger partial charge on any atom is -0.481 e. The second-order valence-corrected chi connectivity index (χ2v) is 6.79. The molecule has 0 aliphatic carbocycles. The van der Waals surface area contributed by atoms with Gasteiger partial charge in [-0.05, 0) is 19.9 Å². The molecular weight excluding hydrogens is 294 g/mol. The maximum atomic E-state index is 12.0. The maximum Gasteiger partial charge on any atom is 0.313 e. The van der Waals surface area contributed by atoms with Gasteiger partial charge in [-0.2, -0.15) is 4.98 Å². The number of fused-ring (bicyclic) bond motifs is 1. The summed E-state index contributed by atoms with van der Waals surface area (Å²) in [6.45, 7) is 7.47. The molecule has 2 fully saturated rings. The van der Waals surface area contributed by atoms with Crippen LogP contribution in [0.5, 0.6) is 0 Å². The van der Waals surface area contributed by atoms with Gasteiger partial charge in [0, 0.05) is 44.8 Å². The Balaban J connectivity index is 1.79. The standard InChI is InChI=1S/C16H23N5O2/c1-11(2)4-6-20-7-12-8-21(10-16(12,9-20)14(22)23)13-3-5-18-15(17)19-13/h3-5,12H,6-10H2,1-2H3,(H,22,23)(H2,17,18,19)/t12-,16-/m1/s1. The van der Waals surface area contributed by atoms with Crippen molar-refractivity contribution in [3.8, 4) is 0 Å². The van der Waals surface area contributed by atoms with Crippen LogP contribution >= 0.6 is 0 Å². The van der Waals surface area contributed by atoms with E-state index in [1.165, 1.54) is 5.57 Å². The van der Waals surface area contributed by atoms with E-state index in [0.29, 0.717) is 25.5 Å². The lowest BCUT2D eigenvalue weighted by atomic mass is 9.81. The largest absolute Gasteiger partial charge is 0.481 e. The molecule has 23 heavy (non-hydrogen) atoms. The van der Waals surface area contributed by atoms with E-state index >= 15 is 0 Å². The molecule has 0 spiro atoms. The summed E-state index contributed by atoms with van der Waals surface area (Å²) in [5.41, 5.74) is 6.17. The van der Waals surface area contributed by atoms with Crippen LogP contribution in [-0.2, 0) is 4.79 Å². The molecule has 2 atom stereocenters. The lowest BCUT2D eigenvalue weighted by Gasteiger charge is -2.25. The van der Waals surface area contributed by atoms with Gasteiger partial charge in [0.25, 0.3) is 0 Å². The number of hydrogen-bond acceptors (Lipinski definition) is 6. The molecule has 2 aliphatic rings. The van der Waals surface area contributed by atoms with Crippen molar-refractivity contribution in [2.24, 2.45) is 11.3 Å². The molecular formula is C16H23N5O2. The summed E-state index contributed by atoms with van der Waals surface area (Å²) in [4.78, 5) is 24.4. The molecule has 0 bridgehead atoms. The molecule has 124 valence electrons. The van der Waals surface area contributed by atoms with E-state index in [2.05, 4.69) is 34.8 Å². The average molecular weight is 317 g/mol. The molecule has 2 aliphatic heterocycles. The topological polar surface area (TPSA) is 95.6 Å². The molecule has 2 saturated heterocycles. The van der Waals surface area contributed by atoms with Crippen LogP contribution in [0, 0.1) is 11.3 Å². The van der Waals surface area contributed by atoms with Crippen LogP contribution in [0.25, 0.3) is 0 Å². The summed E-state index contributed by atoms with van der Waals surface area (Å²) >= 11 is 0. The van der Waals surface area contributed by atoms with Crippen LogP contribution in [-0.4, -0.2) is 58.7 Å². The lowest BCUT2D eigenvalue weighted by molar-refractivity contribution is -0.148. The van der Waals surface area contributed by atoms with Crippen molar-refractivity contribution >= 4 is 17.7 Å². The number of hydrogen-bond donors (Lipinski definition) is 2. The lowest BCUT2D eigenvalue weighted by Crippen LogP contribution is -2.41. The zero-order valence-electron chi connectivity index (χ0n) is 13.6. The molecule has 3 heterocycles. The Bertz CT molecular complexity index is 643. The Labute approximate surface area is 135 Å². The van der Waals surface area contributed by atoms with Gasteiger partial charge in [-0.15, -0.1) is 0 Å². The molecule has 3 rings (SSSR count). The van der Waals surface area contributed by atoms with Crippen molar-refractivity contribution in [3.63, 3.8) is 0 Å². The van der Waals surface area contributed by atoms with Crippen LogP contribution < -0.4 is 10.6 Å². The summed E-state index contributed by atoms with van der Waals surface area (Å²) in [5, 5.41) is 9.86. The van der Waals surface area contributed by atoms with Crippen molar-refractivity contribution < 1.29 is 9.90 Å². The summed E-state index contributed by atoms with van der Waals surface area (Å²) in [6, 6.07) is 1.79. The Morgan fingerprint density at radius 3 is 2.87 bits per heavy atom. The van der Waals surface area contributed by atoms with Gasteiger partial charge in [0.05, 0.1) is 0 Å². The molecule has 1 aromatic heterocycles. The van der Waals surface area contributed by atoms with Gasteiger partial charge in [-0.25, -0.2) is 4.98 Å². The number of rotatable bonds is 4. The summed E-state index contributed by atoms with van der Waals surface area (Å²) in [7, 11) is 0. The number of nitrogens with two attached hydrogens (primary N) is 1. The van der Waals surface area contributed by atoms with Crippen molar-refractivity contribution in [2.45, 2.75) is 13.8 Å². The first kappa shape index (κ1) is 15.7. The molecule has 3 N–H and O–H groups in total. The molecule has 0 amide bonds.